The Balaban J connectivity index is 2.40. The third-order valence-corrected chi connectivity index (χ3v) is 4.33. The molecule has 1 aliphatic heterocycles. The van der Waals surface area contributed by atoms with Crippen LogP contribution in [-0.4, -0.2) is 12.6 Å². The van der Waals surface area contributed by atoms with Crippen LogP contribution in [0.25, 0.3) is 0 Å². The average molecular weight is 289 g/mol. The van der Waals surface area contributed by atoms with Crippen molar-refractivity contribution in [3.63, 3.8) is 0 Å². The standard InChI is InChI=1S/C19H31NO/c1-7-9-16-17(20-10-8-2)15-12-14(19(4,5)6)11-13(3)18(15)21-16/h11-12,16-17,20H,7-10H2,1-6H3. The molecule has 0 saturated carbocycles. The van der Waals surface area contributed by atoms with Crippen LogP contribution in [0.15, 0.2) is 12.1 Å². The van der Waals surface area contributed by atoms with Gasteiger partial charge in [-0.15, -0.1) is 0 Å². The Kier molecular flexibility index (Phi) is 4.98. The van der Waals surface area contributed by atoms with Gasteiger partial charge in [-0.1, -0.05) is 47.1 Å². The smallest absolute Gasteiger partial charge is 0.127 e. The van der Waals surface area contributed by atoms with E-state index < -0.39 is 0 Å². The molecular formula is C19H31NO. The van der Waals surface area contributed by atoms with E-state index in [1.54, 1.807) is 0 Å². The first-order valence-electron chi connectivity index (χ1n) is 8.43. The quantitative estimate of drug-likeness (QED) is 0.833. The van der Waals surface area contributed by atoms with Crippen LogP contribution in [-0.2, 0) is 5.41 Å². The highest BCUT2D eigenvalue weighted by molar-refractivity contribution is 5.50. The molecule has 0 amide bonds. The normalized spacial score (nSPS) is 21.2. The molecule has 1 aromatic carbocycles. The van der Waals surface area contributed by atoms with E-state index in [-0.39, 0.29) is 11.5 Å². The lowest BCUT2D eigenvalue weighted by Gasteiger charge is -2.22. The Hall–Kier alpha value is -1.02. The maximum atomic E-state index is 6.29. The third-order valence-electron chi connectivity index (χ3n) is 4.33. The Bertz CT molecular complexity index is 487. The Morgan fingerprint density at radius 2 is 1.86 bits per heavy atom. The summed E-state index contributed by atoms with van der Waals surface area (Å²) in [6.07, 6.45) is 3.71. The lowest BCUT2D eigenvalue weighted by molar-refractivity contribution is 0.177. The summed E-state index contributed by atoms with van der Waals surface area (Å²) >= 11 is 0. The third kappa shape index (κ3) is 3.42. The summed E-state index contributed by atoms with van der Waals surface area (Å²) in [6, 6.07) is 5.01. The van der Waals surface area contributed by atoms with Crippen LogP contribution in [0.5, 0.6) is 5.75 Å². The summed E-state index contributed by atoms with van der Waals surface area (Å²) in [5, 5.41) is 3.70. The molecule has 0 aliphatic carbocycles. The first-order chi connectivity index (χ1) is 9.88. The number of benzene rings is 1. The van der Waals surface area contributed by atoms with Crippen molar-refractivity contribution in [3.05, 3.63) is 28.8 Å². The molecule has 1 aromatic rings. The number of hydrogen-bond acceptors (Lipinski definition) is 2. The molecule has 0 fully saturated rings. The number of rotatable bonds is 5. The molecular weight excluding hydrogens is 258 g/mol. The Morgan fingerprint density at radius 1 is 1.14 bits per heavy atom. The summed E-state index contributed by atoms with van der Waals surface area (Å²) in [6.45, 7) is 14.5. The molecule has 1 aliphatic rings. The summed E-state index contributed by atoms with van der Waals surface area (Å²) in [5.74, 6) is 1.12. The van der Waals surface area contributed by atoms with Gasteiger partial charge in [-0.3, -0.25) is 0 Å². The predicted molar refractivity (Wildman–Crippen MR) is 90.2 cm³/mol. The molecule has 0 aromatic heterocycles. The minimum atomic E-state index is 0.179. The predicted octanol–water partition coefficient (Wildman–Crippen LogP) is 4.89. The van der Waals surface area contributed by atoms with Gasteiger partial charge in [-0.05, 0) is 48.9 Å². The monoisotopic (exact) mass is 289 g/mol. The molecule has 2 atom stereocenters. The molecule has 2 nitrogen and oxygen atoms in total. The van der Waals surface area contributed by atoms with E-state index >= 15 is 0 Å². The van der Waals surface area contributed by atoms with Crippen LogP contribution in [0.3, 0.4) is 0 Å². The highest BCUT2D eigenvalue weighted by atomic mass is 16.5. The number of aryl methyl sites for hydroxylation is 1. The van der Waals surface area contributed by atoms with Gasteiger partial charge in [0.25, 0.3) is 0 Å². The van der Waals surface area contributed by atoms with Crippen molar-refractivity contribution in [2.75, 3.05) is 6.54 Å². The molecule has 0 radical (unpaired) electrons. The van der Waals surface area contributed by atoms with Crippen LogP contribution < -0.4 is 10.1 Å². The highest BCUT2D eigenvalue weighted by Crippen LogP contribution is 2.43. The maximum absolute atomic E-state index is 6.29. The van der Waals surface area contributed by atoms with Crippen LogP contribution in [0, 0.1) is 6.92 Å². The molecule has 2 unspecified atom stereocenters. The summed E-state index contributed by atoms with van der Waals surface area (Å²) in [4.78, 5) is 0. The van der Waals surface area contributed by atoms with E-state index in [1.807, 2.05) is 0 Å². The fourth-order valence-electron chi connectivity index (χ4n) is 3.10. The van der Waals surface area contributed by atoms with Crippen molar-refractivity contribution in [2.24, 2.45) is 0 Å². The van der Waals surface area contributed by atoms with E-state index in [9.17, 15) is 0 Å². The zero-order chi connectivity index (χ0) is 15.6. The first-order valence-corrected chi connectivity index (χ1v) is 8.43. The molecule has 2 heteroatoms. The summed E-state index contributed by atoms with van der Waals surface area (Å²) in [7, 11) is 0. The minimum Gasteiger partial charge on any atom is -0.488 e. The second-order valence-electron chi connectivity index (χ2n) is 7.34. The molecule has 1 heterocycles. The van der Waals surface area contributed by atoms with Crippen molar-refractivity contribution in [1.29, 1.82) is 0 Å². The lowest BCUT2D eigenvalue weighted by Crippen LogP contribution is -2.31. The lowest BCUT2D eigenvalue weighted by atomic mass is 9.84. The van der Waals surface area contributed by atoms with Crippen molar-refractivity contribution >= 4 is 0 Å². The molecule has 0 spiro atoms. The number of hydrogen-bond donors (Lipinski definition) is 1. The second-order valence-corrected chi connectivity index (χ2v) is 7.34. The number of ether oxygens (including phenoxy) is 1. The van der Waals surface area contributed by atoms with E-state index in [4.69, 9.17) is 4.74 Å². The van der Waals surface area contributed by atoms with Gasteiger partial charge in [-0.25, -0.2) is 0 Å². The second kappa shape index (κ2) is 6.39. The van der Waals surface area contributed by atoms with Gasteiger partial charge < -0.3 is 10.1 Å². The molecule has 1 N–H and O–H groups in total. The summed E-state index contributed by atoms with van der Waals surface area (Å²) in [5.41, 5.74) is 4.23. The highest BCUT2D eigenvalue weighted by Gasteiger charge is 2.35. The maximum Gasteiger partial charge on any atom is 0.127 e. The van der Waals surface area contributed by atoms with Crippen molar-refractivity contribution < 1.29 is 4.74 Å². The van der Waals surface area contributed by atoms with Gasteiger partial charge in [0.15, 0.2) is 0 Å². The van der Waals surface area contributed by atoms with E-state index in [0.29, 0.717) is 6.04 Å². The first kappa shape index (κ1) is 16.4. The fourth-order valence-corrected chi connectivity index (χ4v) is 3.10. The van der Waals surface area contributed by atoms with Gasteiger partial charge in [0.05, 0.1) is 6.04 Å². The van der Waals surface area contributed by atoms with Gasteiger partial charge in [0, 0.05) is 5.56 Å². The molecule has 21 heavy (non-hydrogen) atoms. The molecule has 118 valence electrons. The zero-order valence-corrected chi connectivity index (χ0v) is 14.5. The van der Waals surface area contributed by atoms with Crippen LogP contribution >= 0.6 is 0 Å². The van der Waals surface area contributed by atoms with Crippen LogP contribution in [0.2, 0.25) is 0 Å². The van der Waals surface area contributed by atoms with Gasteiger partial charge in [0.1, 0.15) is 11.9 Å². The Morgan fingerprint density at radius 3 is 2.43 bits per heavy atom. The molecule has 0 saturated heterocycles. The zero-order valence-electron chi connectivity index (χ0n) is 14.5. The number of nitrogens with one attached hydrogen (secondary N) is 1. The fraction of sp³-hybridized carbons (Fsp3) is 0.684. The molecule has 2 rings (SSSR count). The topological polar surface area (TPSA) is 21.3 Å². The summed E-state index contributed by atoms with van der Waals surface area (Å²) < 4.78 is 6.29. The Labute approximate surface area is 130 Å². The van der Waals surface area contributed by atoms with Gasteiger partial charge >= 0.3 is 0 Å². The van der Waals surface area contributed by atoms with Crippen LogP contribution in [0.4, 0.5) is 0 Å². The van der Waals surface area contributed by atoms with E-state index in [2.05, 4.69) is 59.0 Å². The number of fused-ring (bicyclic) bond motifs is 1. The average Bonchev–Trinajstić information content (AvgIpc) is 2.74. The van der Waals surface area contributed by atoms with E-state index in [1.165, 1.54) is 16.7 Å². The largest absolute Gasteiger partial charge is 0.488 e. The molecule has 0 bridgehead atoms. The van der Waals surface area contributed by atoms with E-state index in [0.717, 1.165) is 31.6 Å². The van der Waals surface area contributed by atoms with Crippen LogP contribution in [0.1, 0.15) is 76.6 Å². The van der Waals surface area contributed by atoms with Gasteiger partial charge in [0.2, 0.25) is 0 Å². The van der Waals surface area contributed by atoms with Crippen molar-refractivity contribution in [1.82, 2.24) is 5.32 Å². The SMILES string of the molecule is CCCNC1c2cc(C(C)(C)C)cc(C)c2OC1CCC. The van der Waals surface area contributed by atoms with Crippen molar-refractivity contribution in [3.8, 4) is 5.75 Å². The minimum absolute atomic E-state index is 0.179. The van der Waals surface area contributed by atoms with Crippen molar-refractivity contribution in [2.45, 2.75) is 78.4 Å². The van der Waals surface area contributed by atoms with Gasteiger partial charge in [-0.2, -0.15) is 0 Å².